The fourth-order valence-electron chi connectivity index (χ4n) is 2.41. The fraction of sp³-hybridized carbons (Fsp3) is 0.600. The number of unbranched alkanes of at least 4 members (excludes halogenated alkanes) is 4. The average Bonchev–Trinajstić information content (AvgIpc) is 2.46. The van der Waals surface area contributed by atoms with Crippen molar-refractivity contribution < 1.29 is 19.8 Å². The standard InChI is InChI=1S/C17H24O4.C3H8/c1-3-4-5-6-7-8-15(20)17-13(9-12(2)18)10-14(19)11-16(17)21;1-3-2/h10-11,19,21H,3-9H2,1-2H3;3H2,1-2H3. The van der Waals surface area contributed by atoms with Gasteiger partial charge in [-0.15, -0.1) is 0 Å². The molecule has 0 spiro atoms. The van der Waals surface area contributed by atoms with Crippen molar-refractivity contribution in [3.63, 3.8) is 0 Å². The number of carbonyl (C=O) groups is 2. The fourth-order valence-corrected chi connectivity index (χ4v) is 2.41. The quantitative estimate of drug-likeness (QED) is 0.481. The summed E-state index contributed by atoms with van der Waals surface area (Å²) in [4.78, 5) is 23.5. The Bertz CT molecular complexity index is 521. The van der Waals surface area contributed by atoms with Gasteiger partial charge in [-0.2, -0.15) is 0 Å². The van der Waals surface area contributed by atoms with Crippen LogP contribution in [0.25, 0.3) is 0 Å². The Labute approximate surface area is 145 Å². The van der Waals surface area contributed by atoms with E-state index in [0.717, 1.165) is 38.2 Å². The third-order valence-electron chi connectivity index (χ3n) is 3.41. The Hall–Kier alpha value is -1.84. The number of Topliss-reactive ketones (excluding diaryl/α,β-unsaturated/α-hetero) is 2. The highest BCUT2D eigenvalue weighted by Gasteiger charge is 2.18. The van der Waals surface area contributed by atoms with Crippen LogP contribution in [0, 0.1) is 0 Å². The number of phenolic OH excluding ortho intramolecular Hbond substituents is 2. The first kappa shape index (κ1) is 22.2. The van der Waals surface area contributed by atoms with Gasteiger partial charge in [0, 0.05) is 18.9 Å². The monoisotopic (exact) mass is 336 g/mol. The summed E-state index contributed by atoms with van der Waals surface area (Å²) in [5.41, 5.74) is 0.581. The molecule has 1 aromatic rings. The van der Waals surface area contributed by atoms with E-state index in [0.29, 0.717) is 12.0 Å². The minimum atomic E-state index is -0.246. The number of carbonyl (C=O) groups excluding carboxylic acids is 2. The molecule has 1 rings (SSSR count). The highest BCUT2D eigenvalue weighted by Crippen LogP contribution is 2.29. The minimum absolute atomic E-state index is 0.0405. The third kappa shape index (κ3) is 8.70. The summed E-state index contributed by atoms with van der Waals surface area (Å²) in [6.45, 7) is 7.80. The largest absolute Gasteiger partial charge is 0.508 e. The molecular weight excluding hydrogens is 304 g/mol. The van der Waals surface area contributed by atoms with Crippen LogP contribution in [0.3, 0.4) is 0 Å². The summed E-state index contributed by atoms with van der Waals surface area (Å²) in [7, 11) is 0. The number of hydrogen-bond acceptors (Lipinski definition) is 4. The Morgan fingerprint density at radius 2 is 1.54 bits per heavy atom. The normalized spacial score (nSPS) is 10.0. The molecule has 0 atom stereocenters. The summed E-state index contributed by atoms with van der Waals surface area (Å²) in [5.74, 6) is -0.662. The van der Waals surface area contributed by atoms with Gasteiger partial charge in [-0.3, -0.25) is 9.59 Å². The van der Waals surface area contributed by atoms with Gasteiger partial charge in [0.1, 0.15) is 17.3 Å². The predicted molar refractivity (Wildman–Crippen MR) is 97.8 cm³/mol. The molecule has 0 radical (unpaired) electrons. The molecule has 0 saturated heterocycles. The van der Waals surface area contributed by atoms with Gasteiger partial charge in [-0.05, 0) is 25.0 Å². The summed E-state index contributed by atoms with van der Waals surface area (Å²) < 4.78 is 0. The highest BCUT2D eigenvalue weighted by atomic mass is 16.3. The summed E-state index contributed by atoms with van der Waals surface area (Å²) in [6.07, 6.45) is 6.82. The molecule has 0 aliphatic carbocycles. The third-order valence-corrected chi connectivity index (χ3v) is 3.41. The van der Waals surface area contributed by atoms with Crippen LogP contribution in [-0.4, -0.2) is 21.8 Å². The first-order chi connectivity index (χ1) is 11.4. The lowest BCUT2D eigenvalue weighted by Gasteiger charge is -2.10. The second-order valence-corrected chi connectivity index (χ2v) is 6.17. The van der Waals surface area contributed by atoms with Crippen LogP contribution in [0.4, 0.5) is 0 Å². The van der Waals surface area contributed by atoms with E-state index < -0.39 is 0 Å². The summed E-state index contributed by atoms with van der Waals surface area (Å²) in [5, 5.41) is 19.4. The Morgan fingerprint density at radius 1 is 0.958 bits per heavy atom. The van der Waals surface area contributed by atoms with E-state index in [4.69, 9.17) is 0 Å². The van der Waals surface area contributed by atoms with E-state index in [1.54, 1.807) is 0 Å². The maximum Gasteiger partial charge on any atom is 0.166 e. The molecule has 0 aromatic heterocycles. The Balaban J connectivity index is 0.00000163. The lowest BCUT2D eigenvalue weighted by Crippen LogP contribution is -2.07. The van der Waals surface area contributed by atoms with Crippen LogP contribution in [0.2, 0.25) is 0 Å². The van der Waals surface area contributed by atoms with Crippen LogP contribution >= 0.6 is 0 Å². The Kier molecular flexibility index (Phi) is 11.6. The first-order valence-corrected chi connectivity index (χ1v) is 8.94. The number of phenols is 2. The Morgan fingerprint density at radius 3 is 2.08 bits per heavy atom. The zero-order chi connectivity index (χ0) is 18.5. The summed E-state index contributed by atoms with van der Waals surface area (Å²) in [6, 6.07) is 2.53. The molecule has 0 heterocycles. The van der Waals surface area contributed by atoms with Crippen LogP contribution in [0.15, 0.2) is 12.1 Å². The van der Waals surface area contributed by atoms with Crippen LogP contribution in [0.5, 0.6) is 11.5 Å². The molecule has 0 fully saturated rings. The van der Waals surface area contributed by atoms with E-state index in [-0.39, 0.29) is 35.0 Å². The van der Waals surface area contributed by atoms with Gasteiger partial charge in [-0.1, -0.05) is 52.9 Å². The van der Waals surface area contributed by atoms with Gasteiger partial charge in [-0.25, -0.2) is 0 Å². The smallest absolute Gasteiger partial charge is 0.166 e. The van der Waals surface area contributed by atoms with Gasteiger partial charge in [0.25, 0.3) is 0 Å². The van der Waals surface area contributed by atoms with E-state index in [2.05, 4.69) is 20.8 Å². The second kappa shape index (κ2) is 12.6. The SMILES string of the molecule is CCC.CCCCCCCC(=O)c1c(O)cc(O)cc1CC(C)=O. The van der Waals surface area contributed by atoms with Crippen molar-refractivity contribution in [3.05, 3.63) is 23.3 Å². The van der Waals surface area contributed by atoms with Crippen LogP contribution in [-0.2, 0) is 11.2 Å². The molecule has 1 aromatic carbocycles. The topological polar surface area (TPSA) is 74.6 Å². The molecule has 0 aliphatic heterocycles. The summed E-state index contributed by atoms with van der Waals surface area (Å²) >= 11 is 0. The van der Waals surface area contributed by atoms with Crippen molar-refractivity contribution in [1.29, 1.82) is 0 Å². The second-order valence-electron chi connectivity index (χ2n) is 6.17. The van der Waals surface area contributed by atoms with Crippen molar-refractivity contribution in [1.82, 2.24) is 0 Å². The number of benzene rings is 1. The number of aromatic hydroxyl groups is 2. The van der Waals surface area contributed by atoms with Crippen molar-refractivity contribution in [2.45, 2.75) is 79.1 Å². The lowest BCUT2D eigenvalue weighted by atomic mass is 9.95. The molecule has 24 heavy (non-hydrogen) atoms. The molecule has 0 aliphatic rings. The number of hydrogen-bond donors (Lipinski definition) is 2. The molecule has 136 valence electrons. The molecule has 2 N–H and O–H groups in total. The molecule has 0 unspecified atom stereocenters. The van der Waals surface area contributed by atoms with Crippen molar-refractivity contribution in [2.75, 3.05) is 0 Å². The van der Waals surface area contributed by atoms with Gasteiger partial charge >= 0.3 is 0 Å². The number of rotatable bonds is 9. The molecule has 4 nitrogen and oxygen atoms in total. The van der Waals surface area contributed by atoms with Gasteiger partial charge in [0.05, 0.1) is 5.56 Å². The van der Waals surface area contributed by atoms with Crippen molar-refractivity contribution in [2.24, 2.45) is 0 Å². The maximum atomic E-state index is 12.3. The van der Waals surface area contributed by atoms with Gasteiger partial charge in [0.2, 0.25) is 0 Å². The molecule has 0 amide bonds. The van der Waals surface area contributed by atoms with Gasteiger partial charge in [0.15, 0.2) is 5.78 Å². The molecule has 4 heteroatoms. The van der Waals surface area contributed by atoms with Crippen LogP contribution < -0.4 is 0 Å². The zero-order valence-corrected chi connectivity index (χ0v) is 15.5. The number of ketones is 2. The van der Waals surface area contributed by atoms with Gasteiger partial charge < -0.3 is 10.2 Å². The van der Waals surface area contributed by atoms with E-state index >= 15 is 0 Å². The van der Waals surface area contributed by atoms with Crippen molar-refractivity contribution >= 4 is 11.6 Å². The molecule has 0 bridgehead atoms. The van der Waals surface area contributed by atoms with Crippen LogP contribution in [0.1, 0.15) is 88.6 Å². The maximum absolute atomic E-state index is 12.3. The first-order valence-electron chi connectivity index (χ1n) is 8.94. The van der Waals surface area contributed by atoms with E-state index in [1.165, 1.54) is 19.4 Å². The van der Waals surface area contributed by atoms with E-state index in [1.807, 2.05) is 0 Å². The molecule has 0 saturated carbocycles. The average molecular weight is 336 g/mol. The lowest BCUT2D eigenvalue weighted by molar-refractivity contribution is -0.116. The highest BCUT2D eigenvalue weighted by molar-refractivity contribution is 6.01. The van der Waals surface area contributed by atoms with E-state index in [9.17, 15) is 19.8 Å². The predicted octanol–water partition coefficient (Wildman–Crippen LogP) is 5.19. The zero-order valence-electron chi connectivity index (χ0n) is 15.5. The minimum Gasteiger partial charge on any atom is -0.508 e. The molecular formula is C20H32O4. The van der Waals surface area contributed by atoms with Crippen molar-refractivity contribution in [3.8, 4) is 11.5 Å².